The minimum absolute atomic E-state index is 0.0243. The Hall–Kier alpha value is -2.61. The van der Waals surface area contributed by atoms with Crippen LogP contribution < -0.4 is 10.2 Å². The average Bonchev–Trinajstić information content (AvgIpc) is 3.03. The molecule has 1 aliphatic heterocycles. The number of benzene rings is 2. The van der Waals surface area contributed by atoms with Gasteiger partial charge in [-0.05, 0) is 36.2 Å². The maximum atomic E-state index is 12.7. The van der Waals surface area contributed by atoms with Gasteiger partial charge in [0.25, 0.3) is 0 Å². The van der Waals surface area contributed by atoms with Gasteiger partial charge in [0, 0.05) is 25.3 Å². The first-order valence-corrected chi connectivity index (χ1v) is 11.6. The van der Waals surface area contributed by atoms with E-state index in [2.05, 4.69) is 5.32 Å². The molecule has 1 atom stereocenters. The number of carbonyl (C=O) groups is 2. The molecule has 1 N–H and O–H groups in total. The van der Waals surface area contributed by atoms with E-state index in [4.69, 9.17) is 0 Å². The van der Waals surface area contributed by atoms with E-state index >= 15 is 0 Å². The quantitative estimate of drug-likeness (QED) is 0.736. The lowest BCUT2D eigenvalue weighted by Gasteiger charge is -2.25. The summed E-state index contributed by atoms with van der Waals surface area (Å²) in [6.07, 6.45) is 0.429. The molecule has 0 unspecified atom stereocenters. The number of sulfone groups is 1. The normalized spacial score (nSPS) is 17.8. The molecule has 0 aromatic heterocycles. The van der Waals surface area contributed by atoms with Crippen LogP contribution in [-0.2, 0) is 19.4 Å². The predicted molar refractivity (Wildman–Crippen MR) is 115 cm³/mol. The molecule has 1 fully saturated rings. The van der Waals surface area contributed by atoms with E-state index in [0.717, 1.165) is 16.5 Å². The van der Waals surface area contributed by atoms with Crippen molar-refractivity contribution < 1.29 is 18.0 Å². The van der Waals surface area contributed by atoms with Gasteiger partial charge in [-0.25, -0.2) is 8.42 Å². The van der Waals surface area contributed by atoms with E-state index in [1.54, 1.807) is 0 Å². The largest absolute Gasteiger partial charge is 0.365 e. The van der Waals surface area contributed by atoms with E-state index in [-0.39, 0.29) is 42.5 Å². The molecule has 2 amide bonds. The number of likely N-dealkylation sites (N-methyl/N-ethyl adjacent to an activating group) is 2. The molecule has 156 valence electrons. The van der Waals surface area contributed by atoms with Crippen LogP contribution in [0.1, 0.15) is 13.3 Å². The van der Waals surface area contributed by atoms with Crippen LogP contribution >= 0.6 is 0 Å². The van der Waals surface area contributed by atoms with Gasteiger partial charge < -0.3 is 15.1 Å². The van der Waals surface area contributed by atoms with Crippen LogP contribution in [-0.4, -0.2) is 69.4 Å². The van der Waals surface area contributed by atoms with E-state index < -0.39 is 9.84 Å². The molecule has 8 heteroatoms. The first kappa shape index (κ1) is 21.1. The highest BCUT2D eigenvalue weighted by atomic mass is 32.2. The SMILES string of the molecule is CCN(CC(=O)N[C@@H]1CCS(=O)(=O)C1)C(=O)CN(C)c1ccc2ccccc2c1. The lowest BCUT2D eigenvalue weighted by atomic mass is 10.1. The number of nitrogens with one attached hydrogen (secondary N) is 1. The number of hydrogen-bond acceptors (Lipinski definition) is 5. The number of fused-ring (bicyclic) bond motifs is 1. The van der Waals surface area contributed by atoms with E-state index in [1.165, 1.54) is 4.90 Å². The lowest BCUT2D eigenvalue weighted by molar-refractivity contribution is -0.134. The van der Waals surface area contributed by atoms with Gasteiger partial charge in [-0.3, -0.25) is 9.59 Å². The molecule has 0 saturated carbocycles. The van der Waals surface area contributed by atoms with Crippen molar-refractivity contribution in [3.8, 4) is 0 Å². The van der Waals surface area contributed by atoms with Crippen molar-refractivity contribution in [3.63, 3.8) is 0 Å². The van der Waals surface area contributed by atoms with Gasteiger partial charge in [0.15, 0.2) is 9.84 Å². The van der Waals surface area contributed by atoms with Crippen LogP contribution in [0.4, 0.5) is 5.69 Å². The summed E-state index contributed by atoms with van der Waals surface area (Å²) in [7, 11) is -1.21. The topological polar surface area (TPSA) is 86.8 Å². The second-order valence-corrected chi connectivity index (χ2v) is 9.69. The Bertz CT molecular complexity index is 1010. The molecule has 2 aromatic carbocycles. The molecule has 29 heavy (non-hydrogen) atoms. The lowest BCUT2D eigenvalue weighted by Crippen LogP contribution is -2.46. The molecule has 2 aromatic rings. The third-order valence-electron chi connectivity index (χ3n) is 5.21. The van der Waals surface area contributed by atoms with Crippen LogP contribution in [0.3, 0.4) is 0 Å². The van der Waals surface area contributed by atoms with Crippen molar-refractivity contribution in [2.24, 2.45) is 0 Å². The van der Waals surface area contributed by atoms with Gasteiger partial charge >= 0.3 is 0 Å². The molecule has 0 radical (unpaired) electrons. The fourth-order valence-corrected chi connectivity index (χ4v) is 5.21. The Balaban J connectivity index is 1.57. The fourth-order valence-electron chi connectivity index (χ4n) is 3.54. The van der Waals surface area contributed by atoms with Gasteiger partial charge in [0.1, 0.15) is 0 Å². The standard InChI is InChI=1S/C21H27N3O4S/c1-3-24(13-20(25)22-18-10-11-29(27,28)15-18)21(26)14-23(2)19-9-8-16-6-4-5-7-17(16)12-19/h4-9,12,18H,3,10-11,13-15H2,1-2H3,(H,22,25)/t18-/m1/s1. The van der Waals surface area contributed by atoms with Gasteiger partial charge in [-0.2, -0.15) is 0 Å². The van der Waals surface area contributed by atoms with Crippen molar-refractivity contribution in [2.45, 2.75) is 19.4 Å². The zero-order chi connectivity index (χ0) is 21.0. The average molecular weight is 418 g/mol. The third kappa shape index (κ3) is 5.47. The number of hydrogen-bond donors (Lipinski definition) is 1. The summed E-state index contributed by atoms with van der Waals surface area (Å²) in [6.45, 7) is 2.30. The first-order chi connectivity index (χ1) is 13.8. The molecule has 1 saturated heterocycles. The molecular formula is C21H27N3O4S. The van der Waals surface area contributed by atoms with Gasteiger partial charge in [0.2, 0.25) is 11.8 Å². The summed E-state index contributed by atoms with van der Waals surface area (Å²) in [4.78, 5) is 28.3. The van der Waals surface area contributed by atoms with Crippen LogP contribution in [0.15, 0.2) is 42.5 Å². The first-order valence-electron chi connectivity index (χ1n) is 9.75. The van der Waals surface area contributed by atoms with E-state index in [9.17, 15) is 18.0 Å². The number of nitrogens with zero attached hydrogens (tertiary/aromatic N) is 2. The maximum absolute atomic E-state index is 12.7. The molecule has 0 aliphatic carbocycles. The molecular weight excluding hydrogens is 390 g/mol. The zero-order valence-electron chi connectivity index (χ0n) is 16.8. The van der Waals surface area contributed by atoms with Crippen molar-refractivity contribution >= 4 is 38.1 Å². The summed E-state index contributed by atoms with van der Waals surface area (Å²) in [5.41, 5.74) is 0.925. The van der Waals surface area contributed by atoms with E-state index in [1.807, 2.05) is 61.3 Å². The van der Waals surface area contributed by atoms with Gasteiger partial charge in [-0.1, -0.05) is 30.3 Å². The minimum atomic E-state index is -3.06. The predicted octanol–water partition coefficient (Wildman–Crippen LogP) is 1.43. The van der Waals surface area contributed by atoms with Crippen molar-refractivity contribution in [1.82, 2.24) is 10.2 Å². The Morgan fingerprint density at radius 2 is 1.83 bits per heavy atom. The number of carbonyl (C=O) groups excluding carboxylic acids is 2. The Labute approximate surface area is 171 Å². The van der Waals surface area contributed by atoms with Crippen molar-refractivity contribution in [2.75, 3.05) is 43.1 Å². The molecule has 0 bridgehead atoms. The Morgan fingerprint density at radius 1 is 1.10 bits per heavy atom. The van der Waals surface area contributed by atoms with Crippen LogP contribution in [0.5, 0.6) is 0 Å². The smallest absolute Gasteiger partial charge is 0.242 e. The number of rotatable bonds is 7. The Kier molecular flexibility index (Phi) is 6.42. The summed E-state index contributed by atoms with van der Waals surface area (Å²) < 4.78 is 23.1. The maximum Gasteiger partial charge on any atom is 0.242 e. The summed E-state index contributed by atoms with van der Waals surface area (Å²) >= 11 is 0. The molecule has 0 spiro atoms. The number of anilines is 1. The highest BCUT2D eigenvalue weighted by Crippen LogP contribution is 2.21. The second-order valence-electron chi connectivity index (χ2n) is 7.46. The van der Waals surface area contributed by atoms with Gasteiger partial charge in [0.05, 0.1) is 24.6 Å². The summed E-state index contributed by atoms with van der Waals surface area (Å²) in [5.74, 6) is -0.401. The zero-order valence-corrected chi connectivity index (χ0v) is 17.6. The molecule has 1 heterocycles. The second kappa shape index (κ2) is 8.82. The van der Waals surface area contributed by atoms with Crippen molar-refractivity contribution in [3.05, 3.63) is 42.5 Å². The Morgan fingerprint density at radius 3 is 2.48 bits per heavy atom. The highest BCUT2D eigenvalue weighted by Gasteiger charge is 2.29. The van der Waals surface area contributed by atoms with Gasteiger partial charge in [-0.15, -0.1) is 0 Å². The number of amides is 2. The summed E-state index contributed by atoms with van der Waals surface area (Å²) in [5, 5.41) is 4.97. The fraction of sp³-hybridized carbons (Fsp3) is 0.429. The highest BCUT2D eigenvalue weighted by molar-refractivity contribution is 7.91. The van der Waals surface area contributed by atoms with E-state index in [0.29, 0.717) is 13.0 Å². The molecule has 1 aliphatic rings. The van der Waals surface area contributed by atoms with Crippen LogP contribution in [0, 0.1) is 0 Å². The minimum Gasteiger partial charge on any atom is -0.365 e. The third-order valence-corrected chi connectivity index (χ3v) is 6.98. The van der Waals surface area contributed by atoms with Crippen molar-refractivity contribution in [1.29, 1.82) is 0 Å². The summed E-state index contributed by atoms with van der Waals surface area (Å²) in [6, 6.07) is 13.7. The molecule has 3 rings (SSSR count). The van der Waals surface area contributed by atoms with Crippen LogP contribution in [0.25, 0.3) is 10.8 Å². The monoisotopic (exact) mass is 417 g/mol. The molecule has 7 nitrogen and oxygen atoms in total. The van der Waals surface area contributed by atoms with Crippen LogP contribution in [0.2, 0.25) is 0 Å².